The van der Waals surface area contributed by atoms with Gasteiger partial charge in [0.2, 0.25) is 0 Å². The molecule has 0 radical (unpaired) electrons. The van der Waals surface area contributed by atoms with Crippen LogP contribution in [0.2, 0.25) is 0 Å². The molecule has 2 aromatic carbocycles. The Kier molecular flexibility index (Phi) is 5.48. The number of hydrogen-bond acceptors (Lipinski definition) is 4. The van der Waals surface area contributed by atoms with Crippen LogP contribution in [0, 0.1) is 0 Å². The minimum atomic E-state index is -0.0649. The highest BCUT2D eigenvalue weighted by atomic mass is 32.2. The van der Waals surface area contributed by atoms with Gasteiger partial charge in [-0.05, 0) is 42.8 Å². The molecule has 0 aliphatic carbocycles. The van der Waals surface area contributed by atoms with Gasteiger partial charge in [0, 0.05) is 49.0 Å². The van der Waals surface area contributed by atoms with Gasteiger partial charge in [-0.3, -0.25) is 9.69 Å². The number of thiocarbonyl (C=S) groups is 1. The van der Waals surface area contributed by atoms with Crippen molar-refractivity contribution in [1.82, 2.24) is 4.57 Å². The van der Waals surface area contributed by atoms with Gasteiger partial charge in [0.25, 0.3) is 5.91 Å². The SMILES string of the molecule is CCCn1cc(/C=C2\SC(=S)N(c3ccc(N(C)C)cc3)C2=O)c2ccccc21. The third-order valence-corrected chi connectivity index (χ3v) is 6.29. The molecule has 0 saturated carbocycles. The molecule has 1 saturated heterocycles. The van der Waals surface area contributed by atoms with Gasteiger partial charge in [0.15, 0.2) is 4.32 Å². The van der Waals surface area contributed by atoms with E-state index >= 15 is 0 Å². The fourth-order valence-electron chi connectivity index (χ4n) is 3.55. The van der Waals surface area contributed by atoms with Crippen LogP contribution in [0.3, 0.4) is 0 Å². The number of hydrogen-bond donors (Lipinski definition) is 0. The second kappa shape index (κ2) is 8.05. The third-order valence-electron chi connectivity index (χ3n) is 4.99. The molecule has 0 spiro atoms. The maximum absolute atomic E-state index is 13.1. The summed E-state index contributed by atoms with van der Waals surface area (Å²) in [5.74, 6) is -0.0649. The molecule has 4 nitrogen and oxygen atoms in total. The molecule has 3 aromatic rings. The van der Waals surface area contributed by atoms with E-state index in [1.165, 1.54) is 17.3 Å². The van der Waals surface area contributed by atoms with Gasteiger partial charge in [-0.1, -0.05) is 49.1 Å². The highest BCUT2D eigenvalue weighted by Crippen LogP contribution is 2.37. The number of aromatic nitrogens is 1. The molecule has 29 heavy (non-hydrogen) atoms. The number of para-hydroxylation sites is 1. The molecule has 1 aliphatic heterocycles. The van der Waals surface area contributed by atoms with Crippen LogP contribution < -0.4 is 9.80 Å². The first-order chi connectivity index (χ1) is 14.0. The summed E-state index contributed by atoms with van der Waals surface area (Å²) in [4.78, 5) is 17.4. The summed E-state index contributed by atoms with van der Waals surface area (Å²) in [5, 5.41) is 1.15. The van der Waals surface area contributed by atoms with Crippen LogP contribution in [0.1, 0.15) is 18.9 Å². The number of benzene rings is 2. The van der Waals surface area contributed by atoms with Gasteiger partial charge >= 0.3 is 0 Å². The van der Waals surface area contributed by atoms with Crippen LogP contribution in [0.25, 0.3) is 17.0 Å². The fraction of sp³-hybridized carbons (Fsp3) is 0.217. The zero-order chi connectivity index (χ0) is 20.5. The Morgan fingerprint density at radius 1 is 1.10 bits per heavy atom. The molecule has 1 aromatic heterocycles. The number of thioether (sulfide) groups is 1. The first-order valence-corrected chi connectivity index (χ1v) is 10.8. The number of rotatable bonds is 5. The summed E-state index contributed by atoms with van der Waals surface area (Å²) < 4.78 is 2.82. The Balaban J connectivity index is 1.69. The van der Waals surface area contributed by atoms with Crippen molar-refractivity contribution in [3.8, 4) is 0 Å². The lowest BCUT2D eigenvalue weighted by Crippen LogP contribution is -2.27. The molecular weight excluding hydrogens is 398 g/mol. The van der Waals surface area contributed by atoms with Gasteiger partial charge in [0.05, 0.1) is 10.6 Å². The van der Waals surface area contributed by atoms with Gasteiger partial charge in [0.1, 0.15) is 0 Å². The first kappa shape index (κ1) is 19.7. The highest BCUT2D eigenvalue weighted by Gasteiger charge is 2.33. The highest BCUT2D eigenvalue weighted by molar-refractivity contribution is 8.27. The number of carbonyl (C=O) groups is 1. The van der Waals surface area contributed by atoms with E-state index in [2.05, 4.69) is 35.9 Å². The molecule has 1 aliphatic rings. The van der Waals surface area contributed by atoms with Crippen molar-refractivity contribution in [2.75, 3.05) is 23.9 Å². The molecule has 6 heteroatoms. The molecule has 1 amide bonds. The Hall–Kier alpha value is -2.57. The second-order valence-corrected chi connectivity index (χ2v) is 8.90. The number of anilines is 2. The van der Waals surface area contributed by atoms with Gasteiger partial charge < -0.3 is 9.47 Å². The van der Waals surface area contributed by atoms with Gasteiger partial charge in [-0.25, -0.2) is 0 Å². The van der Waals surface area contributed by atoms with E-state index in [4.69, 9.17) is 12.2 Å². The maximum atomic E-state index is 13.1. The standard InChI is InChI=1S/C23H23N3OS2/c1-4-13-25-15-16(19-7-5-6-8-20(19)25)14-21-22(27)26(23(28)29-21)18-11-9-17(10-12-18)24(2)3/h5-12,14-15H,4,13H2,1-3H3/b21-14-. The molecule has 4 rings (SSSR count). The summed E-state index contributed by atoms with van der Waals surface area (Å²) in [6.45, 7) is 3.12. The zero-order valence-corrected chi connectivity index (χ0v) is 18.4. The van der Waals surface area contributed by atoms with Crippen LogP contribution in [0.15, 0.2) is 59.6 Å². The van der Waals surface area contributed by atoms with Gasteiger partial charge in [-0.15, -0.1) is 0 Å². The van der Waals surface area contributed by atoms with Crippen LogP contribution in [0.5, 0.6) is 0 Å². The van der Waals surface area contributed by atoms with Crippen molar-refractivity contribution in [3.63, 3.8) is 0 Å². The number of aryl methyl sites for hydroxylation is 1. The van der Waals surface area contributed by atoms with E-state index < -0.39 is 0 Å². The van der Waals surface area contributed by atoms with Crippen molar-refractivity contribution >= 4 is 62.6 Å². The molecule has 2 heterocycles. The lowest BCUT2D eigenvalue weighted by molar-refractivity contribution is -0.113. The number of fused-ring (bicyclic) bond motifs is 1. The summed E-state index contributed by atoms with van der Waals surface area (Å²) >= 11 is 6.89. The van der Waals surface area contributed by atoms with Crippen molar-refractivity contribution < 1.29 is 4.79 Å². The molecule has 0 N–H and O–H groups in total. The largest absolute Gasteiger partial charge is 0.378 e. The molecule has 1 fully saturated rings. The van der Waals surface area contributed by atoms with Crippen molar-refractivity contribution in [2.24, 2.45) is 0 Å². The maximum Gasteiger partial charge on any atom is 0.270 e. The van der Waals surface area contributed by atoms with E-state index in [0.717, 1.165) is 35.3 Å². The normalized spacial score (nSPS) is 15.7. The van der Waals surface area contributed by atoms with Crippen molar-refractivity contribution in [2.45, 2.75) is 19.9 Å². The second-order valence-electron chi connectivity index (χ2n) is 7.22. The van der Waals surface area contributed by atoms with Crippen LogP contribution in [-0.4, -0.2) is 28.9 Å². The molecule has 148 valence electrons. The van der Waals surface area contributed by atoms with Crippen molar-refractivity contribution in [1.29, 1.82) is 0 Å². The minimum Gasteiger partial charge on any atom is -0.378 e. The summed E-state index contributed by atoms with van der Waals surface area (Å²) in [6, 6.07) is 16.2. The van der Waals surface area contributed by atoms with E-state index in [0.29, 0.717) is 9.23 Å². The third kappa shape index (κ3) is 3.70. The fourth-order valence-corrected chi connectivity index (χ4v) is 4.84. The molecular formula is C23H23N3OS2. The van der Waals surface area contributed by atoms with E-state index in [1.807, 2.05) is 55.4 Å². The quantitative estimate of drug-likeness (QED) is 0.400. The molecule has 0 unspecified atom stereocenters. The van der Waals surface area contributed by atoms with Crippen LogP contribution in [0.4, 0.5) is 11.4 Å². The van der Waals surface area contributed by atoms with E-state index in [1.54, 1.807) is 4.90 Å². The predicted molar refractivity (Wildman–Crippen MR) is 129 cm³/mol. The van der Waals surface area contributed by atoms with Gasteiger partial charge in [-0.2, -0.15) is 0 Å². The summed E-state index contributed by atoms with van der Waals surface area (Å²) in [7, 11) is 3.98. The summed E-state index contributed by atoms with van der Waals surface area (Å²) in [6.07, 6.45) is 5.16. The Morgan fingerprint density at radius 2 is 1.83 bits per heavy atom. The van der Waals surface area contributed by atoms with E-state index in [9.17, 15) is 4.79 Å². The number of carbonyl (C=O) groups excluding carboxylic acids is 1. The first-order valence-electron chi connectivity index (χ1n) is 9.63. The topological polar surface area (TPSA) is 28.5 Å². The average Bonchev–Trinajstić information content (AvgIpc) is 3.20. The smallest absolute Gasteiger partial charge is 0.270 e. The monoisotopic (exact) mass is 421 g/mol. The predicted octanol–water partition coefficient (Wildman–Crippen LogP) is 5.52. The van der Waals surface area contributed by atoms with Crippen LogP contribution >= 0.6 is 24.0 Å². The Morgan fingerprint density at radius 3 is 2.52 bits per heavy atom. The summed E-state index contributed by atoms with van der Waals surface area (Å²) in [5.41, 5.74) is 4.13. The number of nitrogens with zero attached hydrogens (tertiary/aromatic N) is 3. The lowest BCUT2D eigenvalue weighted by atomic mass is 10.1. The zero-order valence-electron chi connectivity index (χ0n) is 16.8. The van der Waals surface area contributed by atoms with Crippen LogP contribution in [-0.2, 0) is 11.3 Å². The number of amides is 1. The van der Waals surface area contributed by atoms with E-state index in [-0.39, 0.29) is 5.91 Å². The molecule has 0 atom stereocenters. The Bertz CT molecular complexity index is 1110. The minimum absolute atomic E-state index is 0.0649. The molecule has 0 bridgehead atoms. The Labute approximate surface area is 180 Å². The van der Waals surface area contributed by atoms with Crippen molar-refractivity contribution in [3.05, 3.63) is 65.2 Å². The average molecular weight is 422 g/mol. The lowest BCUT2D eigenvalue weighted by Gasteiger charge is -2.17.